The number of benzene rings is 2. The first kappa shape index (κ1) is 23.3. The Balaban J connectivity index is 1.47. The summed E-state index contributed by atoms with van der Waals surface area (Å²) in [6.45, 7) is 2.01. The predicted molar refractivity (Wildman–Crippen MR) is 125 cm³/mol. The Morgan fingerprint density at radius 3 is 2.85 bits per heavy atom. The predicted octanol–water partition coefficient (Wildman–Crippen LogP) is 6.27. The molecule has 0 aliphatic heterocycles. The van der Waals surface area contributed by atoms with Gasteiger partial charge >= 0.3 is 0 Å². The van der Waals surface area contributed by atoms with Gasteiger partial charge in [-0.1, -0.05) is 40.5 Å². The fraction of sp³-hybridized carbons (Fsp3) is 0.136. The molecule has 0 spiro atoms. The molecular weight excluding hydrogens is 538 g/mol. The molecule has 0 fully saturated rings. The summed E-state index contributed by atoms with van der Waals surface area (Å²) in [4.78, 5) is 12.9. The number of hydrogen-bond acceptors (Lipinski definition) is 5. The van der Waals surface area contributed by atoms with Crippen LogP contribution in [-0.4, -0.2) is 20.8 Å². The van der Waals surface area contributed by atoms with Gasteiger partial charge in [0, 0.05) is 22.3 Å². The Bertz CT molecular complexity index is 1320. The molecule has 0 saturated carbocycles. The van der Waals surface area contributed by atoms with Crippen molar-refractivity contribution in [3.63, 3.8) is 0 Å². The van der Waals surface area contributed by atoms with Crippen LogP contribution in [0, 0.1) is 12.7 Å². The molecule has 0 atom stereocenters. The molecule has 2 aromatic carbocycles. The van der Waals surface area contributed by atoms with Gasteiger partial charge in [0.25, 0.3) is 5.91 Å². The van der Waals surface area contributed by atoms with Gasteiger partial charge in [0.15, 0.2) is 11.5 Å². The highest BCUT2D eigenvalue weighted by Crippen LogP contribution is 2.26. The summed E-state index contributed by atoms with van der Waals surface area (Å²) in [5, 5.41) is 12.0. The number of rotatable bonds is 7. The first-order valence-corrected chi connectivity index (χ1v) is 11.2. The van der Waals surface area contributed by atoms with Crippen LogP contribution >= 0.6 is 39.1 Å². The molecule has 1 N–H and O–H groups in total. The van der Waals surface area contributed by atoms with Gasteiger partial charge in [-0.25, -0.2) is 4.39 Å². The molecular formula is C22H16BrCl2FN4O3. The summed E-state index contributed by atoms with van der Waals surface area (Å²) in [5.74, 6) is 0.0820. The van der Waals surface area contributed by atoms with Crippen molar-refractivity contribution in [3.8, 4) is 5.75 Å². The standard InChI is InChI=1S/C22H16BrCl2FN4O3/c1-12-17(11-32-16-4-2-3-15(26)8-16)20(29-33-12)22(31)27-21-18(23)10-30(28-21)9-13-5-6-14(24)7-19(13)25/h2-8,10H,9,11H2,1H3,(H,27,28,31). The molecule has 0 saturated heterocycles. The summed E-state index contributed by atoms with van der Waals surface area (Å²) in [5.41, 5.74) is 1.31. The molecule has 0 unspecified atom stereocenters. The van der Waals surface area contributed by atoms with Gasteiger partial charge in [0.05, 0.1) is 16.6 Å². The molecule has 33 heavy (non-hydrogen) atoms. The molecule has 4 aromatic rings. The van der Waals surface area contributed by atoms with Gasteiger partial charge in [-0.3, -0.25) is 9.48 Å². The minimum Gasteiger partial charge on any atom is -0.489 e. The van der Waals surface area contributed by atoms with E-state index in [1.54, 1.807) is 36.0 Å². The highest BCUT2D eigenvalue weighted by atomic mass is 79.9. The number of nitrogens with one attached hydrogen (secondary N) is 1. The molecule has 1 amide bonds. The van der Waals surface area contributed by atoms with Gasteiger partial charge < -0.3 is 14.6 Å². The summed E-state index contributed by atoms with van der Waals surface area (Å²) < 4.78 is 26.3. The van der Waals surface area contributed by atoms with Gasteiger partial charge in [-0.2, -0.15) is 5.10 Å². The quantitative estimate of drug-likeness (QED) is 0.292. The van der Waals surface area contributed by atoms with Crippen LogP contribution in [0.5, 0.6) is 5.75 Å². The summed E-state index contributed by atoms with van der Waals surface area (Å²) in [6.07, 6.45) is 1.71. The van der Waals surface area contributed by atoms with Crippen molar-refractivity contribution >= 4 is 50.9 Å². The number of aryl methyl sites for hydroxylation is 1. The summed E-state index contributed by atoms with van der Waals surface area (Å²) in [6, 6.07) is 10.9. The van der Waals surface area contributed by atoms with E-state index in [1.807, 2.05) is 6.07 Å². The van der Waals surface area contributed by atoms with Crippen LogP contribution < -0.4 is 10.1 Å². The molecule has 0 radical (unpaired) electrons. The topological polar surface area (TPSA) is 82.2 Å². The fourth-order valence-electron chi connectivity index (χ4n) is 3.01. The zero-order valence-corrected chi connectivity index (χ0v) is 20.2. The number of carbonyl (C=O) groups is 1. The second-order valence-electron chi connectivity index (χ2n) is 7.03. The second kappa shape index (κ2) is 9.94. The third kappa shape index (κ3) is 5.55. The van der Waals surface area contributed by atoms with E-state index < -0.39 is 11.7 Å². The first-order valence-electron chi connectivity index (χ1n) is 9.62. The van der Waals surface area contributed by atoms with E-state index in [1.165, 1.54) is 18.2 Å². The van der Waals surface area contributed by atoms with Gasteiger partial charge in [-0.05, 0) is 52.7 Å². The second-order valence-corrected chi connectivity index (χ2v) is 8.72. The Morgan fingerprint density at radius 2 is 2.09 bits per heavy atom. The lowest BCUT2D eigenvalue weighted by Crippen LogP contribution is -2.16. The number of amides is 1. The maximum Gasteiger partial charge on any atom is 0.279 e. The Hall–Kier alpha value is -2.88. The third-order valence-electron chi connectivity index (χ3n) is 4.68. The number of anilines is 1. The van der Waals surface area contributed by atoms with E-state index in [4.69, 9.17) is 32.5 Å². The van der Waals surface area contributed by atoms with Gasteiger partial charge in [0.2, 0.25) is 0 Å². The maximum atomic E-state index is 13.4. The minimum absolute atomic E-state index is 0.0216. The zero-order chi connectivity index (χ0) is 23.5. The fourth-order valence-corrected chi connectivity index (χ4v) is 3.89. The van der Waals surface area contributed by atoms with Crippen molar-refractivity contribution in [2.45, 2.75) is 20.1 Å². The highest BCUT2D eigenvalue weighted by Gasteiger charge is 2.22. The number of aromatic nitrogens is 3. The van der Waals surface area contributed by atoms with Crippen LogP contribution in [0.15, 0.2) is 57.7 Å². The average molecular weight is 554 g/mol. The van der Waals surface area contributed by atoms with Crippen molar-refractivity contribution in [1.29, 1.82) is 0 Å². The largest absolute Gasteiger partial charge is 0.489 e. The Morgan fingerprint density at radius 1 is 1.27 bits per heavy atom. The van der Waals surface area contributed by atoms with E-state index in [-0.39, 0.29) is 12.3 Å². The van der Waals surface area contributed by atoms with Crippen LogP contribution in [0.4, 0.5) is 10.2 Å². The molecule has 0 bridgehead atoms. The summed E-state index contributed by atoms with van der Waals surface area (Å²) >= 11 is 15.6. The van der Waals surface area contributed by atoms with Crippen LogP contribution in [0.25, 0.3) is 0 Å². The highest BCUT2D eigenvalue weighted by molar-refractivity contribution is 9.10. The number of ether oxygens (including phenoxy) is 1. The van der Waals surface area contributed by atoms with E-state index in [2.05, 4.69) is 31.5 Å². The smallest absolute Gasteiger partial charge is 0.279 e. The number of nitrogens with zero attached hydrogens (tertiary/aromatic N) is 3. The lowest BCUT2D eigenvalue weighted by molar-refractivity contribution is 0.101. The van der Waals surface area contributed by atoms with Gasteiger partial charge in [-0.15, -0.1) is 0 Å². The molecule has 170 valence electrons. The lowest BCUT2D eigenvalue weighted by atomic mass is 10.2. The zero-order valence-electron chi connectivity index (χ0n) is 17.1. The van der Waals surface area contributed by atoms with E-state index in [9.17, 15) is 9.18 Å². The Kier molecular flexibility index (Phi) is 7.02. The molecule has 11 heteroatoms. The average Bonchev–Trinajstić information content (AvgIpc) is 3.30. The van der Waals surface area contributed by atoms with Gasteiger partial charge in [0.1, 0.15) is 23.9 Å². The van der Waals surface area contributed by atoms with Crippen molar-refractivity contribution in [2.24, 2.45) is 0 Å². The Labute approximate surface area is 206 Å². The van der Waals surface area contributed by atoms with Crippen LogP contribution in [0.3, 0.4) is 0 Å². The van der Waals surface area contributed by atoms with Crippen LogP contribution in [0.2, 0.25) is 10.0 Å². The lowest BCUT2D eigenvalue weighted by Gasteiger charge is -2.07. The van der Waals surface area contributed by atoms with E-state index in [0.717, 1.165) is 5.56 Å². The first-order chi connectivity index (χ1) is 15.8. The molecule has 2 aromatic heterocycles. The third-order valence-corrected chi connectivity index (χ3v) is 5.84. The van der Waals surface area contributed by atoms with E-state index >= 15 is 0 Å². The normalized spacial score (nSPS) is 10.9. The minimum atomic E-state index is -0.528. The van der Waals surface area contributed by atoms with E-state index in [0.29, 0.717) is 44.0 Å². The van der Waals surface area contributed by atoms with Crippen molar-refractivity contribution in [2.75, 3.05) is 5.32 Å². The van der Waals surface area contributed by atoms with Crippen molar-refractivity contribution in [3.05, 3.63) is 91.6 Å². The van der Waals surface area contributed by atoms with Crippen molar-refractivity contribution < 1.29 is 18.4 Å². The van der Waals surface area contributed by atoms with Crippen LogP contribution in [0.1, 0.15) is 27.4 Å². The molecule has 0 aliphatic carbocycles. The van der Waals surface area contributed by atoms with Crippen molar-refractivity contribution in [1.82, 2.24) is 14.9 Å². The number of carbonyl (C=O) groups excluding carboxylic acids is 1. The number of hydrogen-bond donors (Lipinski definition) is 1. The maximum absolute atomic E-state index is 13.4. The molecule has 0 aliphatic rings. The monoisotopic (exact) mass is 552 g/mol. The summed E-state index contributed by atoms with van der Waals surface area (Å²) in [7, 11) is 0. The van der Waals surface area contributed by atoms with Crippen LogP contribution in [-0.2, 0) is 13.2 Å². The molecule has 7 nitrogen and oxygen atoms in total. The molecule has 2 heterocycles. The number of halogens is 4. The molecule has 4 rings (SSSR count). The SMILES string of the molecule is Cc1onc(C(=O)Nc2nn(Cc3ccc(Cl)cc3Cl)cc2Br)c1COc1cccc(F)c1.